The van der Waals surface area contributed by atoms with Gasteiger partial charge in [0.25, 0.3) is 0 Å². The Bertz CT molecular complexity index is 587. The van der Waals surface area contributed by atoms with Crippen molar-refractivity contribution in [2.75, 3.05) is 12.9 Å². The Morgan fingerprint density at radius 2 is 1.50 bits per heavy atom. The van der Waals surface area contributed by atoms with Crippen LogP contribution in [0.3, 0.4) is 0 Å². The Morgan fingerprint density at radius 3 is 1.86 bits per heavy atom. The molecular formula is C8H20F3NO6S2Si2. The number of rotatable bonds is 8. The fourth-order valence-corrected chi connectivity index (χ4v) is 12.5. The topological polar surface area (TPSA) is 98.8 Å². The van der Waals surface area contributed by atoms with Crippen LogP contribution in [0.2, 0.25) is 32.2 Å². The SMILES string of the molecule is CO[Si](C)(C)O[Si](C)(C)CCS(=O)(=O)NS(=O)(=O)C(F)(F)F. The first-order chi connectivity index (χ1) is 9.43. The van der Waals surface area contributed by atoms with Crippen LogP contribution in [-0.4, -0.2) is 52.1 Å². The van der Waals surface area contributed by atoms with E-state index in [1.165, 1.54) is 7.11 Å². The molecule has 0 atom stereocenters. The molecular weight excluding hydrogens is 383 g/mol. The summed E-state index contributed by atoms with van der Waals surface area (Å²) in [5.41, 5.74) is -5.69. The fourth-order valence-electron chi connectivity index (χ4n) is 1.39. The van der Waals surface area contributed by atoms with Crippen molar-refractivity contribution in [1.29, 1.82) is 0 Å². The largest absolute Gasteiger partial charge is 0.512 e. The van der Waals surface area contributed by atoms with Crippen LogP contribution in [-0.2, 0) is 28.6 Å². The number of sulfonamides is 2. The van der Waals surface area contributed by atoms with Crippen LogP contribution in [0.25, 0.3) is 0 Å². The third-order valence-corrected chi connectivity index (χ3v) is 12.7. The van der Waals surface area contributed by atoms with Crippen LogP contribution in [0.4, 0.5) is 13.2 Å². The number of halogens is 3. The van der Waals surface area contributed by atoms with Crippen molar-refractivity contribution in [3.8, 4) is 0 Å². The second-order valence-electron chi connectivity index (χ2n) is 5.57. The van der Waals surface area contributed by atoms with Gasteiger partial charge < -0.3 is 8.54 Å². The molecule has 0 fully saturated rings. The van der Waals surface area contributed by atoms with Crippen LogP contribution in [0.1, 0.15) is 0 Å². The lowest BCUT2D eigenvalue weighted by Gasteiger charge is -2.32. The van der Waals surface area contributed by atoms with Gasteiger partial charge in [0.1, 0.15) is 0 Å². The molecule has 7 nitrogen and oxygen atoms in total. The lowest BCUT2D eigenvalue weighted by molar-refractivity contribution is -0.0441. The maximum absolute atomic E-state index is 12.2. The number of hydrogen-bond acceptors (Lipinski definition) is 6. The van der Waals surface area contributed by atoms with Crippen LogP contribution >= 0.6 is 0 Å². The molecule has 0 radical (unpaired) electrons. The molecule has 0 saturated heterocycles. The van der Waals surface area contributed by atoms with Gasteiger partial charge in [-0.05, 0) is 32.2 Å². The second kappa shape index (κ2) is 6.86. The molecule has 0 rings (SSSR count). The zero-order valence-electron chi connectivity index (χ0n) is 12.8. The molecule has 0 aromatic rings. The van der Waals surface area contributed by atoms with Crippen molar-refractivity contribution in [3.05, 3.63) is 0 Å². The zero-order chi connectivity index (χ0) is 18.0. The van der Waals surface area contributed by atoms with Crippen molar-refractivity contribution in [1.82, 2.24) is 4.13 Å². The van der Waals surface area contributed by atoms with Crippen molar-refractivity contribution < 1.29 is 38.5 Å². The molecule has 1 N–H and O–H groups in total. The Labute approximate surface area is 130 Å². The molecule has 0 aromatic heterocycles. The van der Waals surface area contributed by atoms with Gasteiger partial charge in [0, 0.05) is 7.11 Å². The second-order valence-corrected chi connectivity index (χ2v) is 17.4. The van der Waals surface area contributed by atoms with Gasteiger partial charge in [0.05, 0.1) is 5.75 Å². The minimum atomic E-state index is -5.94. The first kappa shape index (κ1) is 22.0. The lowest BCUT2D eigenvalue weighted by Crippen LogP contribution is -2.48. The number of hydrogen-bond donors (Lipinski definition) is 1. The van der Waals surface area contributed by atoms with E-state index in [-0.39, 0.29) is 6.04 Å². The van der Waals surface area contributed by atoms with Gasteiger partial charge in [-0.25, -0.2) is 16.8 Å². The molecule has 0 aliphatic carbocycles. The van der Waals surface area contributed by atoms with Gasteiger partial charge >= 0.3 is 24.1 Å². The van der Waals surface area contributed by atoms with E-state index in [4.69, 9.17) is 8.54 Å². The van der Waals surface area contributed by atoms with Crippen molar-refractivity contribution >= 4 is 36.9 Å². The fraction of sp³-hybridized carbons (Fsp3) is 1.00. The van der Waals surface area contributed by atoms with Gasteiger partial charge in [-0.3, -0.25) is 0 Å². The van der Waals surface area contributed by atoms with E-state index in [1.54, 1.807) is 26.2 Å². The molecule has 0 bridgehead atoms. The van der Waals surface area contributed by atoms with E-state index >= 15 is 0 Å². The smallest absolute Gasteiger partial charge is 0.436 e. The average molecular weight is 404 g/mol. The van der Waals surface area contributed by atoms with Crippen LogP contribution in [0, 0.1) is 0 Å². The average Bonchev–Trinajstić information content (AvgIpc) is 2.22. The third-order valence-electron chi connectivity index (χ3n) is 2.53. The quantitative estimate of drug-likeness (QED) is 0.614. The Hall–Kier alpha value is 0.00377. The Morgan fingerprint density at radius 1 is 1.05 bits per heavy atom. The highest BCUT2D eigenvalue weighted by Crippen LogP contribution is 2.23. The van der Waals surface area contributed by atoms with Gasteiger partial charge in [0.2, 0.25) is 10.0 Å². The van der Waals surface area contributed by atoms with E-state index < -0.39 is 48.2 Å². The maximum atomic E-state index is 12.2. The number of nitrogens with one attached hydrogen (secondary N) is 1. The van der Waals surface area contributed by atoms with Crippen molar-refractivity contribution in [3.63, 3.8) is 0 Å². The normalized spacial score (nSPS) is 15.1. The highest BCUT2D eigenvalue weighted by molar-refractivity contribution is 8.05. The zero-order valence-corrected chi connectivity index (χ0v) is 16.4. The van der Waals surface area contributed by atoms with E-state index in [9.17, 15) is 30.0 Å². The molecule has 0 aromatic carbocycles. The molecule has 0 unspecified atom stereocenters. The molecule has 0 amide bonds. The molecule has 0 aliphatic rings. The van der Waals surface area contributed by atoms with E-state index in [2.05, 4.69) is 0 Å². The van der Waals surface area contributed by atoms with Crippen LogP contribution < -0.4 is 4.13 Å². The summed E-state index contributed by atoms with van der Waals surface area (Å²) in [6, 6.07) is -0.0739. The van der Waals surface area contributed by atoms with Crippen molar-refractivity contribution in [2.24, 2.45) is 0 Å². The molecule has 0 aliphatic heterocycles. The molecule has 14 heteroatoms. The molecule has 134 valence electrons. The molecule has 0 heterocycles. The molecule has 0 saturated carbocycles. The summed E-state index contributed by atoms with van der Waals surface area (Å²) in [5.74, 6) is -0.782. The van der Waals surface area contributed by atoms with Gasteiger partial charge in [-0.1, -0.05) is 0 Å². The standard InChI is InChI=1S/C8H20F3NO6S2Si2/c1-17-22(4,5)18-21(2,3)7-6-19(13,14)12-20(15,16)8(9,10)11/h12H,6-7H2,1-5H3. The summed E-state index contributed by atoms with van der Waals surface area (Å²) >= 11 is 0. The first-order valence-electron chi connectivity index (χ1n) is 6.01. The van der Waals surface area contributed by atoms with Crippen LogP contribution in [0.15, 0.2) is 0 Å². The predicted molar refractivity (Wildman–Crippen MR) is 79.8 cm³/mol. The van der Waals surface area contributed by atoms with E-state index in [0.717, 1.165) is 0 Å². The van der Waals surface area contributed by atoms with Gasteiger partial charge in [-0.2, -0.15) is 13.2 Å². The van der Waals surface area contributed by atoms with Gasteiger partial charge in [-0.15, -0.1) is 4.13 Å². The maximum Gasteiger partial charge on any atom is 0.512 e. The minimum Gasteiger partial charge on any atom is -0.436 e. The van der Waals surface area contributed by atoms with Gasteiger partial charge in [0.15, 0.2) is 8.32 Å². The monoisotopic (exact) mass is 403 g/mol. The summed E-state index contributed by atoms with van der Waals surface area (Å²) < 4.78 is 92.8. The summed E-state index contributed by atoms with van der Waals surface area (Å²) in [5, 5.41) is 0. The lowest BCUT2D eigenvalue weighted by atomic mass is 11.0. The summed E-state index contributed by atoms with van der Waals surface area (Å²) in [6.45, 7) is 6.83. The summed E-state index contributed by atoms with van der Waals surface area (Å²) in [4.78, 5) is 0. The Kier molecular flexibility index (Phi) is 6.86. The number of alkyl halides is 3. The highest BCUT2D eigenvalue weighted by atomic mass is 32.3. The summed E-state index contributed by atoms with van der Waals surface area (Å²) in [6.07, 6.45) is 0. The van der Waals surface area contributed by atoms with E-state index in [1.807, 2.05) is 0 Å². The molecule has 22 heavy (non-hydrogen) atoms. The van der Waals surface area contributed by atoms with E-state index in [0.29, 0.717) is 4.13 Å². The predicted octanol–water partition coefficient (Wildman–Crippen LogP) is 1.33. The Balaban J connectivity index is 4.90. The van der Waals surface area contributed by atoms with Crippen LogP contribution in [0.5, 0.6) is 0 Å². The van der Waals surface area contributed by atoms with Crippen molar-refractivity contribution in [2.45, 2.75) is 37.7 Å². The first-order valence-corrected chi connectivity index (χ1v) is 15.1. The molecule has 0 spiro atoms. The minimum absolute atomic E-state index is 0.0739. The summed E-state index contributed by atoms with van der Waals surface area (Å²) in [7, 11) is -14.1. The third kappa shape index (κ3) is 7.52. The highest BCUT2D eigenvalue weighted by Gasteiger charge is 2.48.